The van der Waals surface area contributed by atoms with Gasteiger partial charge in [-0.3, -0.25) is 4.72 Å². The number of benzene rings is 1. The predicted octanol–water partition coefficient (Wildman–Crippen LogP) is 5.16. The highest BCUT2D eigenvalue weighted by Gasteiger charge is 2.65. The van der Waals surface area contributed by atoms with Crippen LogP contribution in [0.5, 0.6) is 0 Å². The maximum atomic E-state index is 14.6. The molecule has 6 rings (SSSR count). The molecule has 0 radical (unpaired) electrons. The molecular formula is C28H26F2N6O2S. The fourth-order valence-electron chi connectivity index (χ4n) is 6.53. The molecule has 0 amide bonds. The van der Waals surface area contributed by atoms with Crippen molar-refractivity contribution in [1.29, 1.82) is 0 Å². The number of nitrogens with one attached hydrogen (secondary N) is 1. The minimum Gasteiger partial charge on any atom is -0.268 e. The van der Waals surface area contributed by atoms with E-state index in [-0.39, 0.29) is 28.4 Å². The second-order valence-corrected chi connectivity index (χ2v) is 12.6. The molecule has 0 saturated heterocycles. The molecule has 1 saturated carbocycles. The predicted molar refractivity (Wildman–Crippen MR) is 142 cm³/mol. The molecule has 39 heavy (non-hydrogen) atoms. The first-order valence-electron chi connectivity index (χ1n) is 12.5. The smallest absolute Gasteiger partial charge is 0.230 e. The molecule has 11 heteroatoms. The second kappa shape index (κ2) is 8.57. The second-order valence-electron chi connectivity index (χ2n) is 10.9. The average molecular weight is 549 g/mol. The van der Waals surface area contributed by atoms with Gasteiger partial charge >= 0.3 is 0 Å². The minimum atomic E-state index is -3.52. The first-order chi connectivity index (χ1) is 18.4. The van der Waals surface area contributed by atoms with Gasteiger partial charge < -0.3 is 0 Å². The van der Waals surface area contributed by atoms with Gasteiger partial charge in [-0.25, -0.2) is 32.2 Å². The number of fused-ring (bicyclic) bond motifs is 5. The molecule has 3 heterocycles. The Morgan fingerprint density at radius 1 is 1.03 bits per heavy atom. The van der Waals surface area contributed by atoms with Crippen molar-refractivity contribution >= 4 is 15.8 Å². The Bertz CT molecular complexity index is 1740. The molecule has 4 aromatic rings. The third kappa shape index (κ3) is 3.90. The van der Waals surface area contributed by atoms with Crippen LogP contribution in [0.3, 0.4) is 0 Å². The Balaban J connectivity index is 1.48. The molecule has 3 aromatic heterocycles. The summed E-state index contributed by atoms with van der Waals surface area (Å²) >= 11 is 0. The summed E-state index contributed by atoms with van der Waals surface area (Å²) < 4.78 is 55.1. The van der Waals surface area contributed by atoms with E-state index in [1.807, 2.05) is 6.07 Å². The van der Waals surface area contributed by atoms with E-state index in [0.29, 0.717) is 17.1 Å². The van der Waals surface area contributed by atoms with Gasteiger partial charge in [0.05, 0.1) is 34.3 Å². The van der Waals surface area contributed by atoms with Crippen molar-refractivity contribution < 1.29 is 17.2 Å². The lowest BCUT2D eigenvalue weighted by molar-refractivity contribution is 0.243. The molecule has 1 aromatic carbocycles. The monoisotopic (exact) mass is 548 g/mol. The van der Waals surface area contributed by atoms with Crippen molar-refractivity contribution in [2.24, 2.45) is 5.41 Å². The van der Waals surface area contributed by atoms with E-state index < -0.39 is 27.1 Å². The average Bonchev–Trinajstić information content (AvgIpc) is 3.23. The van der Waals surface area contributed by atoms with Crippen molar-refractivity contribution in [3.8, 4) is 22.6 Å². The van der Waals surface area contributed by atoms with Crippen LogP contribution < -0.4 is 4.72 Å². The van der Waals surface area contributed by atoms with Gasteiger partial charge in [0.15, 0.2) is 5.82 Å². The van der Waals surface area contributed by atoms with Gasteiger partial charge in [-0.1, -0.05) is 19.9 Å². The zero-order valence-electron chi connectivity index (χ0n) is 21.8. The Kier molecular flexibility index (Phi) is 5.59. The highest BCUT2D eigenvalue weighted by molar-refractivity contribution is 7.92. The highest BCUT2D eigenvalue weighted by atomic mass is 32.2. The number of hydrogen-bond donors (Lipinski definition) is 1. The normalized spacial score (nSPS) is 21.1. The summed E-state index contributed by atoms with van der Waals surface area (Å²) in [6, 6.07) is 10.8. The number of aryl methyl sites for hydroxylation is 1. The molecule has 0 spiro atoms. The van der Waals surface area contributed by atoms with Crippen LogP contribution in [-0.4, -0.2) is 39.8 Å². The van der Waals surface area contributed by atoms with E-state index in [1.54, 1.807) is 31.3 Å². The van der Waals surface area contributed by atoms with Crippen molar-refractivity contribution in [3.63, 3.8) is 0 Å². The Labute approximate surface area is 225 Å². The third-order valence-electron chi connectivity index (χ3n) is 8.20. The van der Waals surface area contributed by atoms with Crippen molar-refractivity contribution in [1.82, 2.24) is 25.1 Å². The molecule has 0 aliphatic heterocycles. The fourth-order valence-corrected chi connectivity index (χ4v) is 7.02. The maximum absolute atomic E-state index is 14.6. The van der Waals surface area contributed by atoms with E-state index in [2.05, 4.69) is 38.7 Å². The summed E-state index contributed by atoms with van der Waals surface area (Å²) in [6.07, 6.45) is 4.40. The van der Waals surface area contributed by atoms with Crippen molar-refractivity contribution in [2.75, 3.05) is 11.0 Å². The van der Waals surface area contributed by atoms with Crippen molar-refractivity contribution in [2.45, 2.75) is 44.9 Å². The first kappa shape index (κ1) is 25.4. The lowest BCUT2D eigenvalue weighted by Gasteiger charge is -2.37. The maximum Gasteiger partial charge on any atom is 0.230 e. The summed E-state index contributed by atoms with van der Waals surface area (Å²) in [7, 11) is -3.52. The number of rotatable bonds is 5. The lowest BCUT2D eigenvalue weighted by atomic mass is 9.66. The lowest BCUT2D eigenvalue weighted by Crippen LogP contribution is -2.38. The summed E-state index contributed by atoms with van der Waals surface area (Å²) in [5, 5.41) is 8.87. The van der Waals surface area contributed by atoms with Gasteiger partial charge in [-0.05, 0) is 73.1 Å². The van der Waals surface area contributed by atoms with Crippen molar-refractivity contribution in [3.05, 3.63) is 82.9 Å². The number of anilines is 1. The molecule has 2 atom stereocenters. The molecule has 2 aliphatic carbocycles. The molecule has 0 unspecified atom stereocenters. The Morgan fingerprint density at radius 3 is 2.49 bits per heavy atom. The summed E-state index contributed by atoms with van der Waals surface area (Å²) in [4.78, 5) is 13.7. The molecule has 200 valence electrons. The SMILES string of the molecule is Cc1cc(-c2nccc([C@]34CC[C@@H](c5cc(-c6c(F)cccc6F)nnc53)C4(C)C)n2)cc(NS(C)(=O)=O)n1. The number of pyridine rings is 1. The standard InChI is InChI=1S/C28H26F2N6O2S/c1-15-12-16(13-23(32-15)36-39(4,37)38)26-31-11-9-22(33-26)28-10-8-18(27(28,2)3)17-14-21(34-35-25(17)28)24-19(29)6-5-7-20(24)30/h5-7,9,11-14,18H,8,10H2,1-4H3,(H,32,36)/t18-,28+/m0/s1. The van der Waals surface area contributed by atoms with Gasteiger partial charge in [0.25, 0.3) is 0 Å². The Morgan fingerprint density at radius 2 is 1.77 bits per heavy atom. The number of nitrogens with zero attached hydrogens (tertiary/aromatic N) is 5. The van der Waals surface area contributed by atoms with E-state index in [4.69, 9.17) is 4.98 Å². The number of halogens is 2. The van der Waals surface area contributed by atoms with E-state index in [1.165, 1.54) is 18.2 Å². The van der Waals surface area contributed by atoms with Gasteiger partial charge in [-0.2, -0.15) is 5.10 Å². The molecular weight excluding hydrogens is 522 g/mol. The summed E-state index contributed by atoms with van der Waals surface area (Å²) in [5.74, 6) is -0.650. The highest BCUT2D eigenvalue weighted by Crippen LogP contribution is 2.69. The van der Waals surface area contributed by atoms with Crippen LogP contribution in [0.15, 0.2) is 48.7 Å². The quantitative estimate of drug-likeness (QED) is 0.367. The number of aromatic nitrogens is 5. The zero-order valence-corrected chi connectivity index (χ0v) is 22.6. The zero-order chi connectivity index (χ0) is 27.7. The van der Waals surface area contributed by atoms with E-state index in [9.17, 15) is 17.2 Å². The number of sulfonamides is 1. The van der Waals surface area contributed by atoms with Gasteiger partial charge in [0, 0.05) is 17.5 Å². The van der Waals surface area contributed by atoms with Crippen LogP contribution in [0.25, 0.3) is 22.6 Å². The molecule has 2 bridgehead atoms. The fraction of sp³-hybridized carbons (Fsp3) is 0.321. The molecule has 2 aliphatic rings. The Hall–Kier alpha value is -3.86. The van der Waals surface area contributed by atoms with E-state index >= 15 is 0 Å². The van der Waals surface area contributed by atoms with Crippen LogP contribution in [0.1, 0.15) is 55.3 Å². The largest absolute Gasteiger partial charge is 0.268 e. The molecule has 1 N–H and O–H groups in total. The topological polar surface area (TPSA) is 111 Å². The van der Waals surface area contributed by atoms with Gasteiger partial charge in [-0.15, -0.1) is 5.10 Å². The van der Waals surface area contributed by atoms with E-state index in [0.717, 1.165) is 36.0 Å². The summed E-state index contributed by atoms with van der Waals surface area (Å²) in [5.41, 5.74) is 2.79. The molecule has 1 fully saturated rings. The molecule has 8 nitrogen and oxygen atoms in total. The van der Waals surface area contributed by atoms with Gasteiger partial charge in [0.1, 0.15) is 17.5 Å². The number of hydrogen-bond acceptors (Lipinski definition) is 7. The van der Waals surface area contributed by atoms with Crippen LogP contribution in [0.2, 0.25) is 0 Å². The van der Waals surface area contributed by atoms with Crippen LogP contribution in [-0.2, 0) is 15.4 Å². The third-order valence-corrected chi connectivity index (χ3v) is 8.78. The van der Waals surface area contributed by atoms with Gasteiger partial charge in [0.2, 0.25) is 10.0 Å². The minimum absolute atomic E-state index is 0.101. The first-order valence-corrected chi connectivity index (χ1v) is 14.4. The van der Waals surface area contributed by atoms with Crippen LogP contribution in [0.4, 0.5) is 14.6 Å². The van der Waals surface area contributed by atoms with Crippen LogP contribution >= 0.6 is 0 Å². The van der Waals surface area contributed by atoms with Crippen LogP contribution in [0, 0.1) is 24.0 Å². The summed E-state index contributed by atoms with van der Waals surface area (Å²) in [6.45, 7) is 6.10.